The van der Waals surface area contributed by atoms with Crippen LogP contribution in [0.3, 0.4) is 0 Å². The Balaban J connectivity index is 1.69. The highest BCUT2D eigenvalue weighted by Crippen LogP contribution is 2.41. The second-order valence-corrected chi connectivity index (χ2v) is 7.96. The summed E-state index contributed by atoms with van der Waals surface area (Å²) in [6, 6.07) is 12.0. The number of nitrogens with one attached hydrogen (secondary N) is 1. The number of carbonyl (C=O) groups excluding carboxylic acids is 3. The van der Waals surface area contributed by atoms with Gasteiger partial charge in [-0.15, -0.1) is 0 Å². The highest BCUT2D eigenvalue weighted by molar-refractivity contribution is 6.32. The first-order chi connectivity index (χ1) is 13.9. The van der Waals surface area contributed by atoms with Crippen LogP contribution in [0.1, 0.15) is 29.3 Å². The van der Waals surface area contributed by atoms with Crippen molar-refractivity contribution in [2.75, 3.05) is 10.2 Å². The first kappa shape index (κ1) is 19.4. The Kier molecular flexibility index (Phi) is 5.01. The number of amides is 3. The molecule has 29 heavy (non-hydrogen) atoms. The number of carbonyl (C=O) groups is 3. The molecule has 5 nitrogen and oxygen atoms in total. The number of fused-ring (bicyclic) bond motifs is 1. The Morgan fingerprint density at radius 2 is 1.86 bits per heavy atom. The molecular weight excluding hydrogens is 388 g/mol. The van der Waals surface area contributed by atoms with E-state index in [1.54, 1.807) is 42.5 Å². The summed E-state index contributed by atoms with van der Waals surface area (Å²) < 4.78 is 0. The maximum absolute atomic E-state index is 13.1. The number of anilines is 2. The zero-order valence-electron chi connectivity index (χ0n) is 16.2. The Morgan fingerprint density at radius 1 is 1.10 bits per heavy atom. The maximum atomic E-state index is 13.1. The van der Waals surface area contributed by atoms with Crippen LogP contribution in [0, 0.1) is 24.7 Å². The van der Waals surface area contributed by atoms with Crippen molar-refractivity contribution in [3.63, 3.8) is 0 Å². The van der Waals surface area contributed by atoms with E-state index in [0.29, 0.717) is 22.8 Å². The summed E-state index contributed by atoms with van der Waals surface area (Å²) in [5.74, 6) is -1.63. The van der Waals surface area contributed by atoms with Gasteiger partial charge in [-0.1, -0.05) is 48.9 Å². The lowest BCUT2D eigenvalue weighted by atomic mass is 9.78. The standard InChI is InChI=1S/C23H21ClN2O3/c1-13-7-5-9-16-20(13)23(29)26(22(16)28)19-12-4-3-8-15(19)21(27)25-18-11-6-10-17(24)14(18)2/h3-8,10-13,16,20H,9H2,1-2H3,(H,25,27)/t13-,16-,20-/m1/s1. The van der Waals surface area contributed by atoms with Crippen molar-refractivity contribution in [3.05, 3.63) is 70.8 Å². The van der Waals surface area contributed by atoms with E-state index >= 15 is 0 Å². The quantitative estimate of drug-likeness (QED) is 0.596. The van der Waals surface area contributed by atoms with Crippen LogP contribution < -0.4 is 10.2 Å². The lowest BCUT2D eigenvalue weighted by molar-refractivity contribution is -0.122. The van der Waals surface area contributed by atoms with Gasteiger partial charge in [0.25, 0.3) is 5.91 Å². The number of hydrogen-bond acceptors (Lipinski definition) is 3. The van der Waals surface area contributed by atoms with Gasteiger partial charge < -0.3 is 5.32 Å². The van der Waals surface area contributed by atoms with Gasteiger partial charge in [-0.3, -0.25) is 14.4 Å². The highest BCUT2D eigenvalue weighted by Gasteiger charge is 2.51. The molecule has 0 aromatic heterocycles. The number of halogens is 1. The van der Waals surface area contributed by atoms with Gasteiger partial charge in [-0.2, -0.15) is 0 Å². The Labute approximate surface area is 174 Å². The van der Waals surface area contributed by atoms with Gasteiger partial charge in [0.2, 0.25) is 11.8 Å². The fourth-order valence-electron chi connectivity index (χ4n) is 4.18. The number of allylic oxidation sites excluding steroid dienone is 2. The van der Waals surface area contributed by atoms with Gasteiger partial charge in [0.15, 0.2) is 0 Å². The number of imide groups is 1. The first-order valence-corrected chi connectivity index (χ1v) is 9.98. The summed E-state index contributed by atoms with van der Waals surface area (Å²) in [4.78, 5) is 40.4. The molecule has 0 saturated carbocycles. The second kappa shape index (κ2) is 7.48. The molecule has 2 aliphatic rings. The van der Waals surface area contributed by atoms with Crippen molar-refractivity contribution >= 4 is 40.7 Å². The van der Waals surface area contributed by atoms with E-state index in [4.69, 9.17) is 11.6 Å². The molecule has 1 aliphatic heterocycles. The molecular formula is C23H21ClN2O3. The Bertz CT molecular complexity index is 1050. The van der Waals surface area contributed by atoms with E-state index < -0.39 is 5.91 Å². The van der Waals surface area contributed by atoms with Crippen LogP contribution in [0.15, 0.2) is 54.6 Å². The molecule has 1 heterocycles. The van der Waals surface area contributed by atoms with E-state index in [1.807, 2.05) is 26.0 Å². The van der Waals surface area contributed by atoms with Gasteiger partial charge in [0.05, 0.1) is 23.1 Å². The molecule has 2 aromatic carbocycles. The van der Waals surface area contributed by atoms with E-state index in [0.717, 1.165) is 5.56 Å². The van der Waals surface area contributed by atoms with Crippen molar-refractivity contribution in [1.82, 2.24) is 0 Å². The molecule has 1 saturated heterocycles. The molecule has 148 valence electrons. The Morgan fingerprint density at radius 3 is 2.62 bits per heavy atom. The third kappa shape index (κ3) is 3.25. The predicted octanol–water partition coefficient (Wildman–Crippen LogP) is 4.60. The average Bonchev–Trinajstić information content (AvgIpc) is 2.97. The smallest absolute Gasteiger partial charge is 0.257 e. The average molecular weight is 409 g/mol. The fourth-order valence-corrected chi connectivity index (χ4v) is 4.35. The van der Waals surface area contributed by atoms with Crippen molar-refractivity contribution in [2.24, 2.45) is 17.8 Å². The van der Waals surface area contributed by atoms with E-state index in [9.17, 15) is 14.4 Å². The van der Waals surface area contributed by atoms with Crippen LogP contribution in [-0.2, 0) is 9.59 Å². The normalized spacial score (nSPS) is 23.3. The van der Waals surface area contributed by atoms with Gasteiger partial charge in [0, 0.05) is 10.7 Å². The molecule has 3 atom stereocenters. The monoisotopic (exact) mass is 408 g/mol. The first-order valence-electron chi connectivity index (χ1n) is 9.60. The number of nitrogens with zero attached hydrogens (tertiary/aromatic N) is 1. The van der Waals surface area contributed by atoms with E-state index in [-0.39, 0.29) is 35.1 Å². The van der Waals surface area contributed by atoms with Crippen LogP contribution >= 0.6 is 11.6 Å². The Hall–Kier alpha value is -2.92. The van der Waals surface area contributed by atoms with Crippen LogP contribution in [-0.4, -0.2) is 17.7 Å². The fraction of sp³-hybridized carbons (Fsp3) is 0.261. The van der Waals surface area contributed by atoms with Crippen molar-refractivity contribution in [1.29, 1.82) is 0 Å². The third-order valence-corrected chi connectivity index (χ3v) is 6.19. The molecule has 1 aliphatic carbocycles. The lowest BCUT2D eigenvalue weighted by Crippen LogP contribution is -2.33. The zero-order valence-corrected chi connectivity index (χ0v) is 16.9. The third-order valence-electron chi connectivity index (χ3n) is 5.78. The SMILES string of the molecule is Cc1c(Cl)cccc1NC(=O)c1ccccc1N1C(=O)[C@@H]2[C@H](C)C=CC[C@H]2C1=O. The highest BCUT2D eigenvalue weighted by atomic mass is 35.5. The van der Waals surface area contributed by atoms with Crippen LogP contribution in [0.4, 0.5) is 11.4 Å². The summed E-state index contributed by atoms with van der Waals surface area (Å²) in [7, 11) is 0. The summed E-state index contributed by atoms with van der Waals surface area (Å²) in [5.41, 5.74) is 1.93. The van der Waals surface area contributed by atoms with Crippen LogP contribution in [0.5, 0.6) is 0 Å². The lowest BCUT2D eigenvalue weighted by Gasteiger charge is -2.22. The minimum Gasteiger partial charge on any atom is -0.322 e. The van der Waals surface area contributed by atoms with Crippen LogP contribution in [0.2, 0.25) is 5.02 Å². The number of hydrogen-bond donors (Lipinski definition) is 1. The number of para-hydroxylation sites is 1. The minimum atomic E-state index is -0.396. The molecule has 6 heteroatoms. The summed E-state index contributed by atoms with van der Waals surface area (Å²) in [6.45, 7) is 3.76. The van der Waals surface area contributed by atoms with Crippen molar-refractivity contribution < 1.29 is 14.4 Å². The van der Waals surface area contributed by atoms with E-state index in [1.165, 1.54) is 4.90 Å². The maximum Gasteiger partial charge on any atom is 0.257 e. The molecule has 0 spiro atoms. The molecule has 1 fully saturated rings. The minimum absolute atomic E-state index is 0.00898. The molecule has 1 N–H and O–H groups in total. The predicted molar refractivity (Wildman–Crippen MR) is 113 cm³/mol. The van der Waals surface area contributed by atoms with E-state index in [2.05, 4.69) is 5.32 Å². The molecule has 0 unspecified atom stereocenters. The summed E-state index contributed by atoms with van der Waals surface area (Å²) in [6.07, 6.45) is 4.49. The van der Waals surface area contributed by atoms with Gasteiger partial charge in [-0.05, 0) is 49.1 Å². The second-order valence-electron chi connectivity index (χ2n) is 7.55. The summed E-state index contributed by atoms with van der Waals surface area (Å²) >= 11 is 6.15. The number of rotatable bonds is 3. The van der Waals surface area contributed by atoms with Gasteiger partial charge >= 0.3 is 0 Å². The molecule has 0 bridgehead atoms. The largest absolute Gasteiger partial charge is 0.322 e. The topological polar surface area (TPSA) is 66.5 Å². The molecule has 0 radical (unpaired) electrons. The van der Waals surface area contributed by atoms with Crippen molar-refractivity contribution in [3.8, 4) is 0 Å². The molecule has 4 rings (SSSR count). The molecule has 2 aromatic rings. The summed E-state index contributed by atoms with van der Waals surface area (Å²) in [5, 5.41) is 3.40. The molecule has 3 amide bonds. The van der Waals surface area contributed by atoms with Crippen LogP contribution in [0.25, 0.3) is 0 Å². The van der Waals surface area contributed by atoms with Gasteiger partial charge in [0.1, 0.15) is 0 Å². The zero-order chi connectivity index (χ0) is 20.7. The van der Waals surface area contributed by atoms with Crippen molar-refractivity contribution in [2.45, 2.75) is 20.3 Å². The number of benzene rings is 2. The van der Waals surface area contributed by atoms with Gasteiger partial charge in [-0.25, -0.2) is 4.90 Å².